The molecule has 0 aliphatic carbocycles. The van der Waals surface area contributed by atoms with Gasteiger partial charge in [-0.1, -0.05) is 12.1 Å². The van der Waals surface area contributed by atoms with E-state index in [1.54, 1.807) is 0 Å². The number of nitrogens with zero attached hydrogens (tertiary/aromatic N) is 3. The third-order valence-electron chi connectivity index (χ3n) is 5.05. The monoisotopic (exact) mass is 418 g/mol. The first kappa shape index (κ1) is 21.1. The summed E-state index contributed by atoms with van der Waals surface area (Å²) in [6.45, 7) is 1.45. The van der Waals surface area contributed by atoms with Crippen LogP contribution in [0.25, 0.3) is 0 Å². The number of phenolic OH excluding ortho intramolecular Hbond substituents is 1. The van der Waals surface area contributed by atoms with Crippen LogP contribution in [0.3, 0.4) is 0 Å². The lowest BCUT2D eigenvalue weighted by Gasteiger charge is -2.31. The van der Waals surface area contributed by atoms with Gasteiger partial charge in [-0.2, -0.15) is 18.4 Å². The summed E-state index contributed by atoms with van der Waals surface area (Å²) in [7, 11) is 0. The molecule has 1 saturated heterocycles. The number of nitrogens with two attached hydrogens (primary N) is 1. The van der Waals surface area contributed by atoms with E-state index >= 15 is 0 Å². The van der Waals surface area contributed by atoms with E-state index in [9.17, 15) is 27.9 Å². The third-order valence-corrected chi connectivity index (χ3v) is 5.05. The molecule has 2 aromatic carbocycles. The summed E-state index contributed by atoms with van der Waals surface area (Å²) in [4.78, 5) is 28.2. The molecular weight excluding hydrogens is 401 g/mol. The van der Waals surface area contributed by atoms with E-state index in [1.165, 1.54) is 42.2 Å². The van der Waals surface area contributed by atoms with E-state index in [-0.39, 0.29) is 24.5 Å². The van der Waals surface area contributed by atoms with Gasteiger partial charge in [0.25, 0.3) is 5.91 Å². The molecule has 0 radical (unpaired) electrons. The van der Waals surface area contributed by atoms with Gasteiger partial charge >= 0.3 is 12.2 Å². The molecule has 1 unspecified atom stereocenters. The number of alkyl halides is 3. The topological polar surface area (TPSA) is 111 Å². The molecule has 3 rings (SSSR count). The normalized spacial score (nSPS) is 19.3. The van der Waals surface area contributed by atoms with Crippen molar-refractivity contribution in [1.29, 1.82) is 5.26 Å². The quantitative estimate of drug-likeness (QED) is 0.742. The average Bonchev–Trinajstić information content (AvgIpc) is 2.89. The number of hydrogen-bond acceptors (Lipinski definition) is 5. The predicted octanol–water partition coefficient (Wildman–Crippen LogP) is 2.93. The highest BCUT2D eigenvalue weighted by Gasteiger charge is 2.55. The lowest BCUT2D eigenvalue weighted by molar-refractivity contribution is -0.137. The van der Waals surface area contributed by atoms with E-state index < -0.39 is 34.8 Å². The number of halogens is 3. The number of urea groups is 1. The van der Waals surface area contributed by atoms with Gasteiger partial charge in [0, 0.05) is 13.1 Å². The summed E-state index contributed by atoms with van der Waals surface area (Å²) in [5.74, 6) is -0.826. The van der Waals surface area contributed by atoms with Crippen LogP contribution in [0.2, 0.25) is 0 Å². The number of carbonyl (C=O) groups excluding carboxylic acids is 2. The van der Waals surface area contributed by atoms with E-state index in [1.807, 2.05) is 0 Å². The number of phenols is 1. The van der Waals surface area contributed by atoms with Crippen LogP contribution in [0.4, 0.5) is 23.7 Å². The second kappa shape index (κ2) is 7.35. The van der Waals surface area contributed by atoms with E-state index in [0.29, 0.717) is 16.5 Å². The number of imide groups is 1. The van der Waals surface area contributed by atoms with Crippen molar-refractivity contribution in [3.63, 3.8) is 0 Å². The Hall–Kier alpha value is -3.58. The molecule has 1 aliphatic heterocycles. The Balaban J connectivity index is 2.16. The first-order valence-corrected chi connectivity index (χ1v) is 8.82. The molecule has 10 heteroatoms. The fraction of sp³-hybridized carbons (Fsp3) is 0.250. The maximum absolute atomic E-state index is 13.4. The molecule has 156 valence electrons. The summed E-state index contributed by atoms with van der Waals surface area (Å²) in [5, 5.41) is 18.5. The Morgan fingerprint density at radius 3 is 2.33 bits per heavy atom. The minimum atomic E-state index is -4.84. The van der Waals surface area contributed by atoms with Gasteiger partial charge in [0.2, 0.25) is 0 Å². The Morgan fingerprint density at radius 1 is 1.17 bits per heavy atom. The summed E-state index contributed by atoms with van der Waals surface area (Å²) in [6, 6.07) is 8.85. The van der Waals surface area contributed by atoms with E-state index in [4.69, 9.17) is 11.0 Å². The molecule has 0 spiro atoms. The highest BCUT2D eigenvalue weighted by atomic mass is 19.4. The Bertz CT molecular complexity index is 1050. The Kier molecular flexibility index (Phi) is 5.18. The largest absolute Gasteiger partial charge is 0.508 e. The molecular formula is C20H17F3N4O3. The zero-order valence-corrected chi connectivity index (χ0v) is 15.8. The van der Waals surface area contributed by atoms with Crippen molar-refractivity contribution in [1.82, 2.24) is 4.90 Å². The minimum absolute atomic E-state index is 0.0156. The third kappa shape index (κ3) is 3.23. The van der Waals surface area contributed by atoms with Crippen LogP contribution in [0.1, 0.15) is 23.6 Å². The van der Waals surface area contributed by atoms with Crippen molar-refractivity contribution in [3.8, 4) is 11.8 Å². The Labute approximate surface area is 169 Å². The van der Waals surface area contributed by atoms with E-state index in [2.05, 4.69) is 0 Å². The maximum atomic E-state index is 13.4. The van der Waals surface area contributed by atoms with Crippen LogP contribution in [0, 0.1) is 11.3 Å². The van der Waals surface area contributed by atoms with Crippen molar-refractivity contribution < 1.29 is 27.9 Å². The Morgan fingerprint density at radius 2 is 1.80 bits per heavy atom. The van der Waals surface area contributed by atoms with Gasteiger partial charge in [-0.05, 0) is 42.8 Å². The first-order valence-electron chi connectivity index (χ1n) is 8.82. The highest BCUT2D eigenvalue weighted by Crippen LogP contribution is 2.41. The van der Waals surface area contributed by atoms with Crippen molar-refractivity contribution >= 4 is 17.6 Å². The molecule has 0 saturated carbocycles. The van der Waals surface area contributed by atoms with Crippen LogP contribution < -0.4 is 10.6 Å². The molecule has 3 N–H and O–H groups in total. The van der Waals surface area contributed by atoms with Crippen molar-refractivity contribution in [2.75, 3.05) is 18.0 Å². The number of anilines is 1. The van der Waals surface area contributed by atoms with Crippen LogP contribution in [0.15, 0.2) is 42.5 Å². The van der Waals surface area contributed by atoms with Crippen molar-refractivity contribution in [2.45, 2.75) is 18.6 Å². The molecule has 1 fully saturated rings. The van der Waals surface area contributed by atoms with Crippen LogP contribution in [-0.2, 0) is 16.5 Å². The van der Waals surface area contributed by atoms with Gasteiger partial charge in [-0.3, -0.25) is 4.79 Å². The standard InChI is InChI=1S/C20H17F3N4O3/c1-19(13-3-6-15(28)7-4-13)17(29)27(18(30)26(19)9-8-24)14-5-2-12(11-25)16(10-14)20(21,22)23/h2-7,10,28H,8-9,24H2,1H3. The molecule has 0 aromatic heterocycles. The van der Waals surface area contributed by atoms with Gasteiger partial charge in [-0.15, -0.1) is 0 Å². The summed E-state index contributed by atoms with van der Waals surface area (Å²) >= 11 is 0. The van der Waals surface area contributed by atoms with E-state index in [0.717, 1.165) is 12.1 Å². The summed E-state index contributed by atoms with van der Waals surface area (Å²) in [6.07, 6.45) is -4.84. The lowest BCUT2D eigenvalue weighted by Crippen LogP contribution is -2.46. The van der Waals surface area contributed by atoms with Gasteiger partial charge < -0.3 is 15.7 Å². The van der Waals surface area contributed by atoms with Crippen LogP contribution in [-0.4, -0.2) is 35.0 Å². The van der Waals surface area contributed by atoms with Crippen LogP contribution in [0.5, 0.6) is 5.75 Å². The van der Waals surface area contributed by atoms with Gasteiger partial charge in [-0.25, -0.2) is 9.69 Å². The lowest BCUT2D eigenvalue weighted by atomic mass is 9.90. The fourth-order valence-corrected chi connectivity index (χ4v) is 3.48. The average molecular weight is 418 g/mol. The number of carbonyl (C=O) groups is 2. The number of nitriles is 1. The van der Waals surface area contributed by atoms with Gasteiger partial charge in [0.1, 0.15) is 11.3 Å². The smallest absolute Gasteiger partial charge is 0.417 e. The maximum Gasteiger partial charge on any atom is 0.417 e. The number of hydrogen-bond donors (Lipinski definition) is 2. The number of amides is 3. The number of benzene rings is 2. The molecule has 1 aliphatic rings. The molecule has 0 bridgehead atoms. The van der Waals surface area contributed by atoms with Crippen LogP contribution >= 0.6 is 0 Å². The molecule has 2 aromatic rings. The number of rotatable bonds is 4. The highest BCUT2D eigenvalue weighted by molar-refractivity contribution is 6.23. The van der Waals surface area contributed by atoms with Crippen molar-refractivity contribution in [3.05, 3.63) is 59.2 Å². The summed E-state index contributed by atoms with van der Waals surface area (Å²) < 4.78 is 40.1. The zero-order chi connectivity index (χ0) is 22.3. The second-order valence-electron chi connectivity index (χ2n) is 6.82. The summed E-state index contributed by atoms with van der Waals surface area (Å²) in [5.41, 5.74) is 2.24. The number of aromatic hydroxyl groups is 1. The van der Waals surface area contributed by atoms with Crippen molar-refractivity contribution in [2.24, 2.45) is 5.73 Å². The van der Waals surface area contributed by atoms with Gasteiger partial charge in [0.05, 0.1) is 22.9 Å². The fourth-order valence-electron chi connectivity index (χ4n) is 3.48. The molecule has 1 heterocycles. The molecule has 30 heavy (non-hydrogen) atoms. The minimum Gasteiger partial charge on any atom is -0.508 e. The SMILES string of the molecule is CC1(c2ccc(O)cc2)C(=O)N(c2ccc(C#N)c(C(F)(F)F)c2)C(=O)N1CCN. The zero-order valence-electron chi connectivity index (χ0n) is 15.8. The molecule has 7 nitrogen and oxygen atoms in total. The second-order valence-corrected chi connectivity index (χ2v) is 6.82. The predicted molar refractivity (Wildman–Crippen MR) is 100 cm³/mol. The first-order chi connectivity index (χ1) is 14.1. The molecule has 1 atom stereocenters. The van der Waals surface area contributed by atoms with Gasteiger partial charge in [0.15, 0.2) is 0 Å². The molecule has 3 amide bonds.